The summed E-state index contributed by atoms with van der Waals surface area (Å²) in [4.78, 5) is 30.1. The van der Waals surface area contributed by atoms with Crippen LogP contribution in [0.3, 0.4) is 0 Å². The maximum Gasteiger partial charge on any atom is 0.336 e. The van der Waals surface area contributed by atoms with E-state index in [1.54, 1.807) is 17.8 Å². The van der Waals surface area contributed by atoms with Gasteiger partial charge in [-0.25, -0.2) is 14.3 Å². The molecule has 0 unspecified atom stereocenters. The fourth-order valence-electron chi connectivity index (χ4n) is 2.92. The van der Waals surface area contributed by atoms with Gasteiger partial charge in [0.1, 0.15) is 5.82 Å². The number of carbonyl (C=O) groups excluding carboxylic acids is 1. The van der Waals surface area contributed by atoms with Crippen LogP contribution < -0.4 is 11.0 Å². The maximum atomic E-state index is 12.4. The lowest BCUT2D eigenvalue weighted by Crippen LogP contribution is -2.26. The van der Waals surface area contributed by atoms with E-state index in [4.69, 9.17) is 0 Å². The van der Waals surface area contributed by atoms with E-state index in [1.807, 2.05) is 0 Å². The van der Waals surface area contributed by atoms with Crippen LogP contribution in [-0.4, -0.2) is 26.4 Å². The Labute approximate surface area is 139 Å². The summed E-state index contributed by atoms with van der Waals surface area (Å²) in [6.07, 6.45) is 4.03. The van der Waals surface area contributed by atoms with Crippen molar-refractivity contribution >= 4 is 22.9 Å². The highest BCUT2D eigenvalue weighted by Crippen LogP contribution is 2.38. The molecule has 6 nitrogen and oxygen atoms in total. The van der Waals surface area contributed by atoms with Crippen molar-refractivity contribution in [3.63, 3.8) is 0 Å². The molecule has 1 aliphatic rings. The van der Waals surface area contributed by atoms with Crippen LogP contribution in [0, 0.1) is 5.41 Å². The number of Topliss-reactive ketones (excluding diaryl/α,β-unsaturated/α-hetero) is 1. The quantitative estimate of drug-likeness (QED) is 0.933. The van der Waals surface area contributed by atoms with E-state index >= 15 is 0 Å². The summed E-state index contributed by atoms with van der Waals surface area (Å²) < 4.78 is 3.10. The van der Waals surface area contributed by atoms with Crippen molar-refractivity contribution in [3.05, 3.63) is 27.3 Å². The van der Waals surface area contributed by atoms with E-state index < -0.39 is 0 Å². The van der Waals surface area contributed by atoms with Crippen molar-refractivity contribution < 1.29 is 4.79 Å². The van der Waals surface area contributed by atoms with E-state index in [-0.39, 0.29) is 16.9 Å². The number of carbonyl (C=O) groups is 1. The van der Waals surface area contributed by atoms with Crippen LogP contribution >= 0.6 is 11.3 Å². The second kappa shape index (κ2) is 5.63. The van der Waals surface area contributed by atoms with Gasteiger partial charge in [0, 0.05) is 26.2 Å². The molecule has 23 heavy (non-hydrogen) atoms. The molecule has 0 bridgehead atoms. The van der Waals surface area contributed by atoms with E-state index in [9.17, 15) is 9.59 Å². The molecule has 0 atom stereocenters. The third-order valence-electron chi connectivity index (χ3n) is 4.02. The predicted molar refractivity (Wildman–Crippen MR) is 91.9 cm³/mol. The van der Waals surface area contributed by atoms with Gasteiger partial charge in [-0.2, -0.15) is 0 Å². The molecule has 1 aliphatic carbocycles. The molecule has 0 saturated heterocycles. The normalized spacial score (nSPS) is 16.4. The number of hydrogen-bond donors (Lipinski definition) is 1. The average Bonchev–Trinajstić information content (AvgIpc) is 2.97. The third kappa shape index (κ3) is 2.85. The fourth-order valence-corrected chi connectivity index (χ4v) is 3.95. The van der Waals surface area contributed by atoms with Gasteiger partial charge in [-0.3, -0.25) is 9.36 Å². The molecule has 0 spiro atoms. The lowest BCUT2D eigenvalue weighted by molar-refractivity contribution is 0.0916. The Morgan fingerprint density at radius 2 is 2.09 bits per heavy atom. The first kappa shape index (κ1) is 16.0. The van der Waals surface area contributed by atoms with Crippen LogP contribution in [0.5, 0.6) is 0 Å². The number of aromatic nitrogens is 3. The number of ketones is 1. The molecule has 0 aliphatic heterocycles. The first-order chi connectivity index (χ1) is 10.8. The molecule has 2 heterocycles. The monoisotopic (exact) mass is 334 g/mol. The van der Waals surface area contributed by atoms with Crippen molar-refractivity contribution in [3.8, 4) is 5.13 Å². The van der Waals surface area contributed by atoms with E-state index in [1.165, 1.54) is 15.9 Å². The second-order valence-electron chi connectivity index (χ2n) is 6.88. The minimum absolute atomic E-state index is 0.0691. The zero-order chi connectivity index (χ0) is 16.8. The zero-order valence-corrected chi connectivity index (χ0v) is 14.8. The molecule has 124 valence electrons. The molecule has 2 aromatic rings. The van der Waals surface area contributed by atoms with Crippen LogP contribution in [0.1, 0.15) is 49.0 Å². The van der Waals surface area contributed by atoms with Gasteiger partial charge in [0.05, 0.1) is 10.6 Å². The fraction of sp³-hybridized carbons (Fsp3) is 0.562. The van der Waals surface area contributed by atoms with Crippen molar-refractivity contribution in [2.24, 2.45) is 12.5 Å². The van der Waals surface area contributed by atoms with Crippen LogP contribution in [0.4, 0.5) is 5.82 Å². The van der Waals surface area contributed by atoms with Gasteiger partial charge in [0.15, 0.2) is 10.9 Å². The SMILES string of the molecule is CCCNc1cn(C)c(=O)n1-c1nc2c(s1)C(=O)CC(C)(C)C2. The Morgan fingerprint density at radius 1 is 1.35 bits per heavy atom. The maximum absolute atomic E-state index is 12.4. The highest BCUT2D eigenvalue weighted by molar-refractivity contribution is 7.16. The van der Waals surface area contributed by atoms with Gasteiger partial charge < -0.3 is 5.32 Å². The topological polar surface area (TPSA) is 68.9 Å². The Kier molecular flexibility index (Phi) is 3.91. The van der Waals surface area contributed by atoms with Crippen LogP contribution in [0.2, 0.25) is 0 Å². The summed E-state index contributed by atoms with van der Waals surface area (Å²) in [6.45, 7) is 7.01. The molecule has 1 N–H and O–H groups in total. The summed E-state index contributed by atoms with van der Waals surface area (Å²) in [5.74, 6) is 0.851. The summed E-state index contributed by atoms with van der Waals surface area (Å²) in [7, 11) is 1.72. The number of thiazole rings is 1. The Balaban J connectivity index is 2.08. The lowest BCUT2D eigenvalue weighted by Gasteiger charge is -2.26. The van der Waals surface area contributed by atoms with Gasteiger partial charge >= 0.3 is 5.69 Å². The van der Waals surface area contributed by atoms with Gasteiger partial charge in [-0.1, -0.05) is 32.1 Å². The minimum atomic E-state index is -0.151. The molecule has 0 saturated carbocycles. The number of anilines is 1. The van der Waals surface area contributed by atoms with E-state index in [0.29, 0.717) is 16.4 Å². The number of nitrogens with zero attached hydrogens (tertiary/aromatic N) is 3. The standard InChI is InChI=1S/C16H22N4O2S/c1-5-6-17-12-9-19(4)15(22)20(12)14-18-10-7-16(2,3)8-11(21)13(10)23-14/h9,17H,5-8H2,1-4H3. The van der Waals surface area contributed by atoms with Gasteiger partial charge in [-0.05, 0) is 18.3 Å². The van der Waals surface area contributed by atoms with Crippen molar-refractivity contribution in [2.45, 2.75) is 40.0 Å². The highest BCUT2D eigenvalue weighted by atomic mass is 32.1. The Hall–Kier alpha value is -1.89. The summed E-state index contributed by atoms with van der Waals surface area (Å²) in [5, 5.41) is 3.83. The lowest BCUT2D eigenvalue weighted by atomic mass is 9.78. The van der Waals surface area contributed by atoms with Crippen LogP contribution in [0.25, 0.3) is 5.13 Å². The average molecular weight is 334 g/mol. The van der Waals surface area contributed by atoms with Crippen molar-refractivity contribution in [2.75, 3.05) is 11.9 Å². The largest absolute Gasteiger partial charge is 0.370 e. The molecule has 7 heteroatoms. The zero-order valence-electron chi connectivity index (χ0n) is 14.0. The number of rotatable bonds is 4. The predicted octanol–water partition coefficient (Wildman–Crippen LogP) is 2.61. The molecule has 0 radical (unpaired) electrons. The molecule has 3 rings (SSSR count). The number of hydrogen-bond acceptors (Lipinski definition) is 5. The summed E-state index contributed by atoms with van der Waals surface area (Å²) in [5.41, 5.74) is 0.602. The Bertz CT molecular complexity index is 813. The van der Waals surface area contributed by atoms with Crippen LogP contribution in [-0.2, 0) is 13.5 Å². The first-order valence-corrected chi connectivity index (χ1v) is 8.69. The molecule has 2 aromatic heterocycles. The Morgan fingerprint density at radius 3 is 2.78 bits per heavy atom. The number of nitrogens with one attached hydrogen (secondary N) is 1. The molecular weight excluding hydrogens is 312 g/mol. The highest BCUT2D eigenvalue weighted by Gasteiger charge is 2.34. The van der Waals surface area contributed by atoms with Crippen molar-refractivity contribution in [1.82, 2.24) is 14.1 Å². The summed E-state index contributed by atoms with van der Waals surface area (Å²) >= 11 is 1.32. The third-order valence-corrected chi connectivity index (χ3v) is 5.15. The van der Waals surface area contributed by atoms with E-state index in [2.05, 4.69) is 31.1 Å². The van der Waals surface area contributed by atoms with Gasteiger partial charge in [0.2, 0.25) is 0 Å². The molecular formula is C16H22N4O2S. The molecule has 0 aromatic carbocycles. The summed E-state index contributed by atoms with van der Waals surface area (Å²) in [6, 6.07) is 0. The molecule has 0 amide bonds. The number of imidazole rings is 1. The number of fused-ring (bicyclic) bond motifs is 1. The second-order valence-corrected chi connectivity index (χ2v) is 7.86. The van der Waals surface area contributed by atoms with Crippen molar-refractivity contribution in [1.29, 1.82) is 0 Å². The van der Waals surface area contributed by atoms with Gasteiger partial charge in [-0.15, -0.1) is 0 Å². The van der Waals surface area contributed by atoms with Crippen LogP contribution in [0.15, 0.2) is 11.0 Å². The first-order valence-electron chi connectivity index (χ1n) is 7.88. The number of aryl methyl sites for hydroxylation is 1. The molecule has 0 fully saturated rings. The minimum Gasteiger partial charge on any atom is -0.370 e. The smallest absolute Gasteiger partial charge is 0.336 e. The van der Waals surface area contributed by atoms with E-state index in [0.717, 1.165) is 30.9 Å². The van der Waals surface area contributed by atoms with Gasteiger partial charge in [0.25, 0.3) is 0 Å².